The zero-order valence-corrected chi connectivity index (χ0v) is 16.2. The van der Waals surface area contributed by atoms with Crippen LogP contribution in [0.4, 0.5) is 5.69 Å². The largest absolute Gasteiger partial charge is 0.467 e. The third kappa shape index (κ3) is 4.25. The van der Waals surface area contributed by atoms with E-state index in [-0.39, 0.29) is 16.0 Å². The summed E-state index contributed by atoms with van der Waals surface area (Å²) in [6.07, 6.45) is 1.66. The van der Waals surface area contributed by atoms with E-state index in [1.54, 1.807) is 6.26 Å². The van der Waals surface area contributed by atoms with Crippen LogP contribution < -0.4 is 5.32 Å². The molecule has 136 valence electrons. The molecular weight excluding hydrogens is 342 g/mol. The topological polar surface area (TPSA) is 42.2 Å². The third-order valence-corrected chi connectivity index (χ3v) is 6.42. The molecule has 3 atom stereocenters. The molecule has 1 aromatic heterocycles. The zero-order valence-electron chi connectivity index (χ0n) is 15.4. The van der Waals surface area contributed by atoms with Gasteiger partial charge < -0.3 is 9.73 Å². The van der Waals surface area contributed by atoms with Crippen molar-refractivity contribution >= 4 is 16.5 Å². The molecule has 0 aliphatic heterocycles. The maximum Gasteiger partial charge on any atom is 0.127 e. The van der Waals surface area contributed by atoms with Gasteiger partial charge in [-0.05, 0) is 50.6 Å². The van der Waals surface area contributed by atoms with E-state index in [4.69, 9.17) is 4.42 Å². The lowest BCUT2D eigenvalue weighted by atomic mass is 10.0. The molecule has 4 heteroatoms. The Labute approximate surface area is 157 Å². The molecule has 1 N–H and O–H groups in total. The molecule has 0 spiro atoms. The highest BCUT2D eigenvalue weighted by molar-refractivity contribution is 7.86. The number of furan rings is 1. The fourth-order valence-corrected chi connectivity index (χ4v) is 4.56. The average Bonchev–Trinajstić information content (AvgIpc) is 3.16. The van der Waals surface area contributed by atoms with Gasteiger partial charge >= 0.3 is 0 Å². The number of anilines is 1. The van der Waals surface area contributed by atoms with Crippen LogP contribution in [-0.2, 0) is 10.8 Å². The summed E-state index contributed by atoms with van der Waals surface area (Å²) in [5, 5.41) is 3.30. The quantitative estimate of drug-likeness (QED) is 0.606. The van der Waals surface area contributed by atoms with Gasteiger partial charge in [0.25, 0.3) is 0 Å². The number of hydrogen-bond acceptors (Lipinski definition) is 3. The van der Waals surface area contributed by atoms with Crippen LogP contribution in [-0.4, -0.2) is 8.96 Å². The second-order valence-electron chi connectivity index (χ2n) is 7.24. The summed E-state index contributed by atoms with van der Waals surface area (Å²) < 4.78 is 18.9. The van der Waals surface area contributed by atoms with Gasteiger partial charge in [-0.3, -0.25) is 4.21 Å². The van der Waals surface area contributed by atoms with Crippen molar-refractivity contribution in [2.24, 2.45) is 0 Å². The van der Waals surface area contributed by atoms with Gasteiger partial charge in [0.2, 0.25) is 0 Å². The van der Waals surface area contributed by atoms with E-state index >= 15 is 0 Å². The van der Waals surface area contributed by atoms with Crippen LogP contribution in [0.25, 0.3) is 0 Å². The summed E-state index contributed by atoms with van der Waals surface area (Å²) in [5.41, 5.74) is 2.01. The highest BCUT2D eigenvalue weighted by Gasteiger charge is 2.37. The second kappa shape index (κ2) is 7.92. The predicted octanol–water partition coefficient (Wildman–Crippen LogP) is 5.72. The average molecular weight is 368 g/mol. The summed E-state index contributed by atoms with van der Waals surface area (Å²) in [7, 11) is -1.14. The van der Waals surface area contributed by atoms with Gasteiger partial charge in [0, 0.05) is 21.2 Å². The van der Waals surface area contributed by atoms with Gasteiger partial charge in [0.05, 0.1) is 11.5 Å². The molecule has 3 nitrogen and oxygen atoms in total. The molecular formula is C22H25NO2S. The summed E-state index contributed by atoms with van der Waals surface area (Å²) in [5.74, 6) is 0.778. The Bertz CT molecular complexity index is 824. The molecule has 1 heterocycles. The van der Waals surface area contributed by atoms with Crippen LogP contribution in [0.1, 0.15) is 43.4 Å². The van der Waals surface area contributed by atoms with Gasteiger partial charge in [-0.25, -0.2) is 0 Å². The minimum absolute atomic E-state index is 0.241. The first-order chi connectivity index (χ1) is 12.5. The summed E-state index contributed by atoms with van der Waals surface area (Å²) in [4.78, 5) is 0. The molecule has 2 aromatic carbocycles. The molecule has 3 rings (SSSR count). The van der Waals surface area contributed by atoms with Crippen LogP contribution in [0.15, 0.2) is 83.5 Å². The third-order valence-electron chi connectivity index (χ3n) is 4.21. The molecule has 0 bridgehead atoms. The maximum absolute atomic E-state index is 13.5. The molecule has 1 unspecified atom stereocenters. The Morgan fingerprint density at radius 1 is 0.885 bits per heavy atom. The lowest BCUT2D eigenvalue weighted by Crippen LogP contribution is -2.32. The van der Waals surface area contributed by atoms with Crippen molar-refractivity contribution in [3.63, 3.8) is 0 Å². The van der Waals surface area contributed by atoms with Crippen molar-refractivity contribution < 1.29 is 8.63 Å². The molecule has 0 radical (unpaired) electrons. The van der Waals surface area contributed by atoms with Crippen molar-refractivity contribution in [3.05, 3.63) is 90.4 Å². The van der Waals surface area contributed by atoms with Gasteiger partial charge in [-0.1, -0.05) is 48.5 Å². The first kappa shape index (κ1) is 18.5. The van der Waals surface area contributed by atoms with E-state index in [1.165, 1.54) is 0 Å². The van der Waals surface area contributed by atoms with Crippen molar-refractivity contribution in [3.8, 4) is 0 Å². The number of hydrogen-bond donors (Lipinski definition) is 1. The van der Waals surface area contributed by atoms with E-state index in [0.717, 1.165) is 17.0 Å². The first-order valence-electron chi connectivity index (χ1n) is 8.77. The molecule has 0 amide bonds. The number of benzene rings is 2. The Morgan fingerprint density at radius 2 is 1.50 bits per heavy atom. The van der Waals surface area contributed by atoms with Crippen LogP contribution >= 0.6 is 0 Å². The molecule has 0 fully saturated rings. The Hall–Kier alpha value is -2.33. The van der Waals surface area contributed by atoms with E-state index in [0.29, 0.717) is 0 Å². The van der Waals surface area contributed by atoms with E-state index in [2.05, 4.69) is 5.32 Å². The van der Waals surface area contributed by atoms with Crippen LogP contribution in [0.2, 0.25) is 0 Å². The number of rotatable bonds is 6. The highest BCUT2D eigenvalue weighted by atomic mass is 32.2. The van der Waals surface area contributed by atoms with E-state index < -0.39 is 10.8 Å². The Balaban J connectivity index is 2.08. The predicted molar refractivity (Wildman–Crippen MR) is 109 cm³/mol. The van der Waals surface area contributed by atoms with Crippen LogP contribution in [0, 0.1) is 0 Å². The first-order valence-corrected chi connectivity index (χ1v) is 9.99. The molecule has 26 heavy (non-hydrogen) atoms. The SMILES string of the molecule is CC(C)(C)S(=O)[C@H](c1ccccc1)[C@@H](Nc1ccccc1)c1ccco1. The Morgan fingerprint density at radius 3 is 2.04 bits per heavy atom. The monoisotopic (exact) mass is 367 g/mol. The number of nitrogens with one attached hydrogen (secondary N) is 1. The highest BCUT2D eigenvalue weighted by Crippen LogP contribution is 2.40. The van der Waals surface area contributed by atoms with Crippen LogP contribution in [0.3, 0.4) is 0 Å². The Kier molecular flexibility index (Phi) is 5.62. The standard InChI is InChI=1S/C22H25NO2S/c1-22(2,3)26(24)21(17-11-6-4-7-12-17)20(19-15-10-16-25-19)23-18-13-8-5-9-14-18/h4-16,20-21,23H,1-3H3/t20-,21+,26?/m0/s1. The second-order valence-corrected chi connectivity index (χ2v) is 9.57. The summed E-state index contributed by atoms with van der Waals surface area (Å²) >= 11 is 0. The molecule has 3 aromatic rings. The summed E-state index contributed by atoms with van der Waals surface area (Å²) in [6, 6.07) is 23.6. The van der Waals surface area contributed by atoms with Crippen molar-refractivity contribution in [2.75, 3.05) is 5.32 Å². The van der Waals surface area contributed by atoms with Crippen molar-refractivity contribution in [2.45, 2.75) is 36.8 Å². The lowest BCUT2D eigenvalue weighted by molar-refractivity contribution is 0.470. The van der Waals surface area contributed by atoms with Gasteiger partial charge in [0.15, 0.2) is 0 Å². The van der Waals surface area contributed by atoms with E-state index in [1.807, 2.05) is 93.6 Å². The van der Waals surface area contributed by atoms with Crippen LogP contribution in [0.5, 0.6) is 0 Å². The minimum Gasteiger partial charge on any atom is -0.467 e. The molecule has 0 saturated heterocycles. The van der Waals surface area contributed by atoms with Gasteiger partial charge in [-0.2, -0.15) is 0 Å². The van der Waals surface area contributed by atoms with Gasteiger partial charge in [-0.15, -0.1) is 0 Å². The van der Waals surface area contributed by atoms with Crippen molar-refractivity contribution in [1.29, 1.82) is 0 Å². The lowest BCUT2D eigenvalue weighted by Gasteiger charge is -2.32. The minimum atomic E-state index is -1.14. The fourth-order valence-electron chi connectivity index (χ4n) is 2.94. The van der Waals surface area contributed by atoms with Gasteiger partial charge in [0.1, 0.15) is 11.8 Å². The van der Waals surface area contributed by atoms with Crippen molar-refractivity contribution in [1.82, 2.24) is 0 Å². The normalized spacial score (nSPS) is 15.2. The fraction of sp³-hybridized carbons (Fsp3) is 0.273. The zero-order chi connectivity index (χ0) is 18.6. The number of para-hydroxylation sites is 1. The molecule has 0 aliphatic rings. The molecule has 0 aliphatic carbocycles. The maximum atomic E-state index is 13.5. The smallest absolute Gasteiger partial charge is 0.127 e. The molecule has 0 saturated carbocycles. The van der Waals surface area contributed by atoms with E-state index in [9.17, 15) is 4.21 Å². The summed E-state index contributed by atoms with van der Waals surface area (Å²) in [6.45, 7) is 6.04.